The molecule has 0 radical (unpaired) electrons. The zero-order valence-electron chi connectivity index (χ0n) is 13.0. The quantitative estimate of drug-likeness (QED) is 0.802. The maximum Gasteiger partial charge on any atom is 0.226 e. The second-order valence-corrected chi connectivity index (χ2v) is 7.44. The summed E-state index contributed by atoms with van der Waals surface area (Å²) in [6.45, 7) is 5.61. The lowest BCUT2D eigenvalue weighted by Crippen LogP contribution is -2.55. The van der Waals surface area contributed by atoms with Crippen LogP contribution < -0.4 is 5.73 Å². The molecule has 3 rings (SSSR count). The molecule has 1 saturated heterocycles. The zero-order chi connectivity index (χ0) is 15.0. The van der Waals surface area contributed by atoms with Crippen LogP contribution in [0.1, 0.15) is 39.0 Å². The number of rotatable bonds is 4. The van der Waals surface area contributed by atoms with Gasteiger partial charge in [0.05, 0.1) is 11.0 Å². The van der Waals surface area contributed by atoms with Crippen LogP contribution in [0.4, 0.5) is 0 Å². The van der Waals surface area contributed by atoms with E-state index in [2.05, 4.69) is 16.7 Å². The molecule has 1 heterocycles. The van der Waals surface area contributed by atoms with E-state index in [0.29, 0.717) is 22.7 Å². The molecule has 2 bridgehead atoms. The van der Waals surface area contributed by atoms with Gasteiger partial charge in [-0.3, -0.25) is 9.69 Å². The van der Waals surface area contributed by atoms with E-state index in [1.165, 1.54) is 19.3 Å². The van der Waals surface area contributed by atoms with Gasteiger partial charge in [0.1, 0.15) is 0 Å². The van der Waals surface area contributed by atoms with Crippen molar-refractivity contribution in [3.05, 3.63) is 0 Å². The Bertz CT molecular complexity index is 420. The molecule has 2 aliphatic carbocycles. The molecule has 0 spiro atoms. The number of amides is 1. The smallest absolute Gasteiger partial charge is 0.226 e. The fraction of sp³-hybridized carbons (Fsp3) is 0.875. The second kappa shape index (κ2) is 6.21. The molecule has 0 aromatic heterocycles. The van der Waals surface area contributed by atoms with Crippen molar-refractivity contribution >= 4 is 23.1 Å². The van der Waals surface area contributed by atoms with Crippen LogP contribution in [0.25, 0.3) is 0 Å². The van der Waals surface area contributed by atoms with Gasteiger partial charge in [-0.15, -0.1) is 0 Å². The van der Waals surface area contributed by atoms with Gasteiger partial charge in [-0.25, -0.2) is 0 Å². The molecule has 2 N–H and O–H groups in total. The first-order valence-electron chi connectivity index (χ1n) is 8.42. The van der Waals surface area contributed by atoms with Gasteiger partial charge in [0.2, 0.25) is 5.91 Å². The Morgan fingerprint density at radius 3 is 2.43 bits per heavy atom. The molecule has 1 amide bonds. The molecule has 1 aliphatic heterocycles. The third-order valence-electron chi connectivity index (χ3n) is 5.84. The fourth-order valence-electron chi connectivity index (χ4n) is 4.67. The largest absolute Gasteiger partial charge is 0.392 e. The molecular formula is C16H27N3OS. The van der Waals surface area contributed by atoms with Gasteiger partial charge in [0.25, 0.3) is 0 Å². The average molecular weight is 309 g/mol. The van der Waals surface area contributed by atoms with Crippen molar-refractivity contribution in [2.24, 2.45) is 23.5 Å². The predicted octanol–water partition coefficient (Wildman–Crippen LogP) is 1.63. The fourth-order valence-corrected chi connectivity index (χ4v) is 4.99. The SMILES string of the molecule is CCC(C(N)=S)N1CCN(C(=O)C2CC3CCC2C3)CC1. The summed E-state index contributed by atoms with van der Waals surface area (Å²) in [5, 5.41) is 0. The molecule has 3 fully saturated rings. The molecule has 118 valence electrons. The number of nitrogens with zero attached hydrogens (tertiary/aromatic N) is 2. The van der Waals surface area contributed by atoms with Crippen LogP contribution in [0.5, 0.6) is 0 Å². The van der Waals surface area contributed by atoms with Crippen molar-refractivity contribution < 1.29 is 4.79 Å². The first-order chi connectivity index (χ1) is 10.1. The highest BCUT2D eigenvalue weighted by Gasteiger charge is 2.44. The minimum atomic E-state index is 0.194. The number of thiocarbonyl (C=S) groups is 1. The summed E-state index contributed by atoms with van der Waals surface area (Å²) in [6.07, 6.45) is 6.04. The second-order valence-electron chi connectivity index (χ2n) is 6.97. The third kappa shape index (κ3) is 2.95. The van der Waals surface area contributed by atoms with Crippen LogP contribution in [0.2, 0.25) is 0 Å². The highest BCUT2D eigenvalue weighted by molar-refractivity contribution is 7.80. The Kier molecular flexibility index (Phi) is 4.50. The summed E-state index contributed by atoms with van der Waals surface area (Å²) in [6, 6.07) is 0.194. The maximum absolute atomic E-state index is 12.7. The van der Waals surface area contributed by atoms with Crippen LogP contribution in [-0.2, 0) is 4.79 Å². The summed E-state index contributed by atoms with van der Waals surface area (Å²) in [5.74, 6) is 2.27. The highest BCUT2D eigenvalue weighted by atomic mass is 32.1. The van der Waals surface area contributed by atoms with Gasteiger partial charge in [-0.05, 0) is 37.5 Å². The van der Waals surface area contributed by atoms with Crippen LogP contribution in [-0.4, -0.2) is 52.9 Å². The lowest BCUT2D eigenvalue weighted by molar-refractivity contribution is -0.139. The molecule has 2 saturated carbocycles. The molecule has 21 heavy (non-hydrogen) atoms. The molecule has 4 atom stereocenters. The molecule has 0 aromatic carbocycles. The highest BCUT2D eigenvalue weighted by Crippen LogP contribution is 2.48. The maximum atomic E-state index is 12.7. The summed E-state index contributed by atoms with van der Waals surface area (Å²) in [5.41, 5.74) is 5.82. The number of carbonyl (C=O) groups is 1. The van der Waals surface area contributed by atoms with E-state index in [9.17, 15) is 4.79 Å². The molecule has 5 heteroatoms. The number of hydrogen-bond donors (Lipinski definition) is 1. The van der Waals surface area contributed by atoms with Crippen LogP contribution in [0, 0.1) is 17.8 Å². The van der Waals surface area contributed by atoms with Gasteiger partial charge < -0.3 is 10.6 Å². The number of carbonyl (C=O) groups excluding carboxylic acids is 1. The Labute approximate surface area is 133 Å². The predicted molar refractivity (Wildman–Crippen MR) is 88.0 cm³/mol. The zero-order valence-corrected chi connectivity index (χ0v) is 13.8. The molecule has 4 unspecified atom stereocenters. The Balaban J connectivity index is 1.53. The Morgan fingerprint density at radius 1 is 1.24 bits per heavy atom. The van der Waals surface area contributed by atoms with Crippen molar-refractivity contribution in [2.45, 2.75) is 45.1 Å². The van der Waals surface area contributed by atoms with Gasteiger partial charge in [-0.2, -0.15) is 0 Å². The van der Waals surface area contributed by atoms with E-state index in [0.717, 1.165) is 44.9 Å². The van der Waals surface area contributed by atoms with Crippen LogP contribution >= 0.6 is 12.2 Å². The minimum absolute atomic E-state index is 0.194. The molecule has 4 nitrogen and oxygen atoms in total. The van der Waals surface area contributed by atoms with Crippen LogP contribution in [0.3, 0.4) is 0 Å². The number of piperazine rings is 1. The van der Waals surface area contributed by atoms with Crippen molar-refractivity contribution in [3.63, 3.8) is 0 Å². The van der Waals surface area contributed by atoms with E-state index in [1.807, 2.05) is 0 Å². The summed E-state index contributed by atoms with van der Waals surface area (Å²) >= 11 is 5.16. The van der Waals surface area contributed by atoms with Gasteiger partial charge in [-0.1, -0.05) is 25.6 Å². The van der Waals surface area contributed by atoms with E-state index in [-0.39, 0.29) is 6.04 Å². The van der Waals surface area contributed by atoms with E-state index >= 15 is 0 Å². The summed E-state index contributed by atoms with van der Waals surface area (Å²) in [4.78, 5) is 17.7. The average Bonchev–Trinajstić information content (AvgIpc) is 3.10. The van der Waals surface area contributed by atoms with Gasteiger partial charge in [0, 0.05) is 32.1 Å². The minimum Gasteiger partial charge on any atom is -0.392 e. The first-order valence-corrected chi connectivity index (χ1v) is 8.83. The Morgan fingerprint density at radius 2 is 1.95 bits per heavy atom. The van der Waals surface area contributed by atoms with Gasteiger partial charge >= 0.3 is 0 Å². The first kappa shape index (κ1) is 15.2. The summed E-state index contributed by atoms with van der Waals surface area (Å²) < 4.78 is 0. The number of hydrogen-bond acceptors (Lipinski definition) is 3. The third-order valence-corrected chi connectivity index (χ3v) is 6.11. The number of fused-ring (bicyclic) bond motifs is 2. The normalized spacial score (nSPS) is 34.1. The van der Waals surface area contributed by atoms with Crippen molar-refractivity contribution in [1.82, 2.24) is 9.80 Å². The Hall–Kier alpha value is -0.680. The lowest BCUT2D eigenvalue weighted by Gasteiger charge is -2.40. The van der Waals surface area contributed by atoms with Crippen molar-refractivity contribution in [2.75, 3.05) is 26.2 Å². The standard InChI is InChI=1S/C16H27N3OS/c1-2-14(15(17)21)18-5-7-19(8-6-18)16(20)13-10-11-3-4-12(13)9-11/h11-14H,2-10H2,1H3,(H2,17,21). The monoisotopic (exact) mass is 309 g/mol. The van der Waals surface area contributed by atoms with E-state index in [1.54, 1.807) is 0 Å². The molecule has 0 aromatic rings. The molecule has 3 aliphatic rings. The lowest BCUT2D eigenvalue weighted by atomic mass is 9.87. The topological polar surface area (TPSA) is 49.6 Å². The van der Waals surface area contributed by atoms with Gasteiger partial charge in [0.15, 0.2) is 0 Å². The van der Waals surface area contributed by atoms with E-state index < -0.39 is 0 Å². The van der Waals surface area contributed by atoms with Crippen LogP contribution in [0.15, 0.2) is 0 Å². The number of nitrogens with two attached hydrogens (primary N) is 1. The van der Waals surface area contributed by atoms with Crippen molar-refractivity contribution in [1.29, 1.82) is 0 Å². The van der Waals surface area contributed by atoms with Crippen molar-refractivity contribution in [3.8, 4) is 0 Å². The molecular weight excluding hydrogens is 282 g/mol. The van der Waals surface area contributed by atoms with E-state index in [4.69, 9.17) is 18.0 Å². The summed E-state index contributed by atoms with van der Waals surface area (Å²) in [7, 11) is 0.